The number of halogens is 1. The van der Waals surface area contributed by atoms with Crippen LogP contribution in [0.25, 0.3) is 6.08 Å². The van der Waals surface area contributed by atoms with E-state index in [1.165, 1.54) is 25.1 Å². The fourth-order valence-electron chi connectivity index (χ4n) is 2.52. The summed E-state index contributed by atoms with van der Waals surface area (Å²) >= 11 is 5.94. The van der Waals surface area contributed by atoms with Gasteiger partial charge in [-0.25, -0.2) is 4.79 Å². The molecular formula is C21H17ClN2O5. The SMILES string of the molecule is C[C@@H](OC(=O)/C=C/c1ccc2c(c1)OCCO2)C(=O)Nc1ccc(C#N)c(Cl)c1. The maximum atomic E-state index is 12.2. The highest BCUT2D eigenvalue weighted by Crippen LogP contribution is 2.31. The molecule has 0 spiro atoms. The summed E-state index contributed by atoms with van der Waals surface area (Å²) in [4.78, 5) is 24.2. The van der Waals surface area contributed by atoms with E-state index >= 15 is 0 Å². The number of rotatable bonds is 5. The first-order chi connectivity index (χ1) is 14.0. The van der Waals surface area contributed by atoms with Crippen LogP contribution in [0.3, 0.4) is 0 Å². The summed E-state index contributed by atoms with van der Waals surface area (Å²) < 4.78 is 16.0. The van der Waals surface area contributed by atoms with Crippen LogP contribution in [0, 0.1) is 11.3 Å². The van der Waals surface area contributed by atoms with Gasteiger partial charge in [0.15, 0.2) is 17.6 Å². The van der Waals surface area contributed by atoms with Crippen molar-refractivity contribution >= 4 is 35.2 Å². The maximum absolute atomic E-state index is 12.2. The molecule has 1 amide bonds. The lowest BCUT2D eigenvalue weighted by Gasteiger charge is -2.18. The lowest BCUT2D eigenvalue weighted by atomic mass is 10.2. The van der Waals surface area contributed by atoms with Gasteiger partial charge in [0.2, 0.25) is 0 Å². The Morgan fingerprint density at radius 3 is 2.69 bits per heavy atom. The molecule has 8 heteroatoms. The first-order valence-corrected chi connectivity index (χ1v) is 9.13. The van der Waals surface area contributed by atoms with Crippen molar-refractivity contribution in [3.05, 3.63) is 58.6 Å². The second-order valence-electron chi connectivity index (χ2n) is 6.11. The summed E-state index contributed by atoms with van der Waals surface area (Å²) in [6.07, 6.45) is 1.76. The lowest BCUT2D eigenvalue weighted by molar-refractivity contribution is -0.148. The summed E-state index contributed by atoms with van der Waals surface area (Å²) in [5, 5.41) is 11.7. The number of anilines is 1. The van der Waals surface area contributed by atoms with Crippen molar-refractivity contribution in [1.82, 2.24) is 0 Å². The Morgan fingerprint density at radius 1 is 1.21 bits per heavy atom. The van der Waals surface area contributed by atoms with Gasteiger partial charge in [-0.1, -0.05) is 17.7 Å². The molecule has 2 aromatic rings. The van der Waals surface area contributed by atoms with Crippen LogP contribution in [0.4, 0.5) is 5.69 Å². The van der Waals surface area contributed by atoms with Gasteiger partial charge in [-0.3, -0.25) is 4.79 Å². The Morgan fingerprint density at radius 2 is 1.97 bits per heavy atom. The van der Waals surface area contributed by atoms with Crippen LogP contribution in [-0.2, 0) is 14.3 Å². The molecule has 2 aromatic carbocycles. The van der Waals surface area contributed by atoms with Crippen LogP contribution in [0.5, 0.6) is 11.5 Å². The molecule has 0 saturated heterocycles. The molecule has 1 atom stereocenters. The van der Waals surface area contributed by atoms with E-state index in [9.17, 15) is 9.59 Å². The van der Waals surface area contributed by atoms with Gasteiger partial charge < -0.3 is 19.5 Å². The molecule has 0 radical (unpaired) electrons. The van der Waals surface area contributed by atoms with Crippen LogP contribution in [0.15, 0.2) is 42.5 Å². The summed E-state index contributed by atoms with van der Waals surface area (Å²) in [5.74, 6) is 0.0806. The third kappa shape index (κ3) is 5.27. The quantitative estimate of drug-likeness (QED) is 0.595. The molecule has 1 N–H and O–H groups in total. The van der Waals surface area contributed by atoms with Gasteiger partial charge in [-0.2, -0.15) is 5.26 Å². The van der Waals surface area contributed by atoms with Crippen LogP contribution < -0.4 is 14.8 Å². The van der Waals surface area contributed by atoms with E-state index in [4.69, 9.17) is 31.1 Å². The molecule has 3 rings (SSSR count). The highest BCUT2D eigenvalue weighted by atomic mass is 35.5. The number of benzene rings is 2. The Labute approximate surface area is 172 Å². The van der Waals surface area contributed by atoms with Crippen molar-refractivity contribution in [2.75, 3.05) is 18.5 Å². The molecule has 1 heterocycles. The van der Waals surface area contributed by atoms with Crippen molar-refractivity contribution in [3.8, 4) is 17.6 Å². The topological polar surface area (TPSA) is 97.7 Å². The number of carbonyl (C=O) groups excluding carboxylic acids is 2. The van der Waals surface area contributed by atoms with Gasteiger partial charge in [0, 0.05) is 11.8 Å². The van der Waals surface area contributed by atoms with Gasteiger partial charge in [-0.15, -0.1) is 0 Å². The van der Waals surface area contributed by atoms with Crippen LogP contribution in [-0.4, -0.2) is 31.2 Å². The second kappa shape index (κ2) is 9.13. The number of amides is 1. The molecule has 7 nitrogen and oxygen atoms in total. The second-order valence-corrected chi connectivity index (χ2v) is 6.52. The Kier molecular flexibility index (Phi) is 6.37. The average Bonchev–Trinajstić information content (AvgIpc) is 2.72. The molecule has 0 saturated carbocycles. The van der Waals surface area contributed by atoms with Crippen molar-refractivity contribution in [1.29, 1.82) is 5.26 Å². The average molecular weight is 413 g/mol. The van der Waals surface area contributed by atoms with E-state index in [-0.39, 0.29) is 5.02 Å². The molecular weight excluding hydrogens is 396 g/mol. The number of fused-ring (bicyclic) bond motifs is 1. The molecule has 0 aromatic heterocycles. The van der Waals surface area contributed by atoms with Crippen molar-refractivity contribution in [2.24, 2.45) is 0 Å². The number of nitriles is 1. The van der Waals surface area contributed by atoms with E-state index in [2.05, 4.69) is 5.32 Å². The number of nitrogens with one attached hydrogen (secondary N) is 1. The largest absolute Gasteiger partial charge is 0.486 e. The zero-order chi connectivity index (χ0) is 20.8. The van der Waals surface area contributed by atoms with E-state index in [0.717, 1.165) is 5.56 Å². The van der Waals surface area contributed by atoms with Crippen LogP contribution in [0.2, 0.25) is 5.02 Å². The number of nitrogens with zero attached hydrogens (tertiary/aromatic N) is 1. The predicted octanol–water partition coefficient (Wildman–Crippen LogP) is 3.57. The standard InChI is InChI=1S/C21H17ClN2O5/c1-13(21(26)24-16-5-4-15(12-23)17(22)11-16)29-20(25)7-3-14-2-6-18-19(10-14)28-9-8-27-18/h2-7,10-11,13H,8-9H2,1H3,(H,24,26)/b7-3+/t13-/m1/s1. The Hall–Kier alpha value is -3.50. The third-order valence-corrected chi connectivity index (χ3v) is 4.31. The first-order valence-electron chi connectivity index (χ1n) is 8.75. The predicted molar refractivity (Wildman–Crippen MR) is 107 cm³/mol. The van der Waals surface area contributed by atoms with E-state index < -0.39 is 18.0 Å². The molecule has 148 valence electrons. The number of carbonyl (C=O) groups is 2. The van der Waals surface area contributed by atoms with E-state index in [1.54, 1.807) is 30.3 Å². The highest BCUT2D eigenvalue weighted by Gasteiger charge is 2.17. The van der Waals surface area contributed by atoms with Gasteiger partial charge >= 0.3 is 5.97 Å². The summed E-state index contributed by atoms with van der Waals surface area (Å²) in [6, 6.07) is 11.7. The summed E-state index contributed by atoms with van der Waals surface area (Å²) in [5.41, 5.74) is 1.43. The fraction of sp³-hybridized carbons (Fsp3) is 0.190. The zero-order valence-corrected chi connectivity index (χ0v) is 16.2. The smallest absolute Gasteiger partial charge is 0.331 e. The lowest BCUT2D eigenvalue weighted by Crippen LogP contribution is -2.29. The minimum atomic E-state index is -1.03. The maximum Gasteiger partial charge on any atom is 0.331 e. The molecule has 1 aliphatic rings. The van der Waals surface area contributed by atoms with Gasteiger partial charge in [0.05, 0.1) is 10.6 Å². The number of ether oxygens (including phenoxy) is 3. The third-order valence-electron chi connectivity index (χ3n) is 4.00. The van der Waals surface area contributed by atoms with Crippen molar-refractivity contribution in [2.45, 2.75) is 13.0 Å². The van der Waals surface area contributed by atoms with E-state index in [1.807, 2.05) is 6.07 Å². The van der Waals surface area contributed by atoms with Crippen LogP contribution >= 0.6 is 11.6 Å². The van der Waals surface area contributed by atoms with E-state index in [0.29, 0.717) is 36.0 Å². The number of hydrogen-bond donors (Lipinski definition) is 1. The number of esters is 1. The minimum Gasteiger partial charge on any atom is -0.486 e. The Balaban J connectivity index is 1.55. The first kappa shape index (κ1) is 20.2. The number of hydrogen-bond acceptors (Lipinski definition) is 6. The van der Waals surface area contributed by atoms with Crippen molar-refractivity contribution in [3.63, 3.8) is 0 Å². The van der Waals surface area contributed by atoms with Gasteiger partial charge in [-0.05, 0) is 48.9 Å². The molecule has 0 unspecified atom stereocenters. The van der Waals surface area contributed by atoms with Crippen LogP contribution in [0.1, 0.15) is 18.1 Å². The van der Waals surface area contributed by atoms with Crippen molar-refractivity contribution < 1.29 is 23.8 Å². The normalized spacial score (nSPS) is 13.4. The summed E-state index contributed by atoms with van der Waals surface area (Å²) in [6.45, 7) is 2.43. The molecule has 29 heavy (non-hydrogen) atoms. The summed E-state index contributed by atoms with van der Waals surface area (Å²) in [7, 11) is 0. The highest BCUT2D eigenvalue weighted by molar-refractivity contribution is 6.32. The molecule has 1 aliphatic heterocycles. The zero-order valence-electron chi connectivity index (χ0n) is 15.5. The monoisotopic (exact) mass is 412 g/mol. The van der Waals surface area contributed by atoms with Gasteiger partial charge in [0.25, 0.3) is 5.91 Å². The van der Waals surface area contributed by atoms with Gasteiger partial charge in [0.1, 0.15) is 19.3 Å². The minimum absolute atomic E-state index is 0.220. The molecule has 0 fully saturated rings. The fourth-order valence-corrected chi connectivity index (χ4v) is 2.75. The molecule has 0 bridgehead atoms. The molecule has 0 aliphatic carbocycles. The Bertz CT molecular complexity index is 1010.